The fourth-order valence-electron chi connectivity index (χ4n) is 3.40. The van der Waals surface area contributed by atoms with Gasteiger partial charge >= 0.3 is 5.97 Å². The molecule has 1 aliphatic rings. The number of benzene rings is 2. The molecule has 1 aliphatic heterocycles. The van der Waals surface area contributed by atoms with Gasteiger partial charge in [0.15, 0.2) is 5.69 Å². The van der Waals surface area contributed by atoms with Gasteiger partial charge in [0.1, 0.15) is 5.82 Å². The van der Waals surface area contributed by atoms with Crippen molar-refractivity contribution in [3.8, 4) is 11.1 Å². The van der Waals surface area contributed by atoms with E-state index in [-0.39, 0.29) is 0 Å². The summed E-state index contributed by atoms with van der Waals surface area (Å²) in [5.41, 5.74) is 2.11. The molecule has 0 radical (unpaired) electrons. The predicted molar refractivity (Wildman–Crippen MR) is 102 cm³/mol. The van der Waals surface area contributed by atoms with Crippen LogP contribution in [0.25, 0.3) is 21.9 Å². The van der Waals surface area contributed by atoms with Crippen molar-refractivity contribution in [2.75, 3.05) is 38.3 Å². The number of rotatable bonds is 3. The van der Waals surface area contributed by atoms with Gasteiger partial charge in [-0.1, -0.05) is 54.6 Å². The number of hydrogen-bond acceptors (Lipinski definition) is 5. The van der Waals surface area contributed by atoms with Crippen molar-refractivity contribution in [1.82, 2.24) is 4.98 Å². The first-order valence-electron chi connectivity index (χ1n) is 8.69. The van der Waals surface area contributed by atoms with Crippen LogP contribution in [0.2, 0.25) is 0 Å². The molecule has 26 heavy (non-hydrogen) atoms. The molecule has 3 aromatic rings. The lowest BCUT2D eigenvalue weighted by Gasteiger charge is -2.29. The minimum absolute atomic E-state index is 0.346. The number of aromatic nitrogens is 1. The molecule has 2 aromatic carbocycles. The highest BCUT2D eigenvalue weighted by Crippen LogP contribution is 2.36. The second kappa shape index (κ2) is 7.14. The molecule has 2 heterocycles. The van der Waals surface area contributed by atoms with Crippen LogP contribution in [0.15, 0.2) is 54.6 Å². The molecule has 4 rings (SSSR count). The molecule has 0 unspecified atom stereocenters. The normalized spacial score (nSPS) is 14.4. The summed E-state index contributed by atoms with van der Waals surface area (Å²) in [6, 6.07) is 17.9. The Hall–Kier alpha value is -2.92. The van der Waals surface area contributed by atoms with Crippen molar-refractivity contribution < 1.29 is 14.3 Å². The highest BCUT2D eigenvalue weighted by Gasteiger charge is 2.24. The smallest absolute Gasteiger partial charge is 0.357 e. The van der Waals surface area contributed by atoms with Gasteiger partial charge in [-0.2, -0.15) is 0 Å². The van der Waals surface area contributed by atoms with Gasteiger partial charge in [-0.25, -0.2) is 9.78 Å². The van der Waals surface area contributed by atoms with E-state index >= 15 is 0 Å². The van der Waals surface area contributed by atoms with E-state index < -0.39 is 5.97 Å². The largest absolute Gasteiger partial charge is 0.464 e. The number of morpholine rings is 1. The van der Waals surface area contributed by atoms with E-state index in [0.29, 0.717) is 18.9 Å². The Morgan fingerprint density at radius 2 is 1.65 bits per heavy atom. The topological polar surface area (TPSA) is 51.7 Å². The van der Waals surface area contributed by atoms with Gasteiger partial charge in [-0.15, -0.1) is 0 Å². The molecule has 0 N–H and O–H groups in total. The van der Waals surface area contributed by atoms with Crippen LogP contribution in [0.5, 0.6) is 0 Å². The molecule has 0 saturated carbocycles. The fraction of sp³-hybridized carbons (Fsp3) is 0.238. The van der Waals surface area contributed by atoms with E-state index in [2.05, 4.69) is 11.0 Å². The van der Waals surface area contributed by atoms with E-state index in [4.69, 9.17) is 14.5 Å². The Morgan fingerprint density at radius 3 is 2.35 bits per heavy atom. The molecule has 0 spiro atoms. The molecular formula is C21H20N2O3. The summed E-state index contributed by atoms with van der Waals surface area (Å²) in [6.07, 6.45) is 0. The minimum Gasteiger partial charge on any atom is -0.464 e. The highest BCUT2D eigenvalue weighted by atomic mass is 16.5. The van der Waals surface area contributed by atoms with Crippen molar-refractivity contribution in [2.45, 2.75) is 0 Å². The molecule has 0 bridgehead atoms. The van der Waals surface area contributed by atoms with Crippen molar-refractivity contribution >= 4 is 22.6 Å². The first-order chi connectivity index (χ1) is 12.8. The molecule has 1 saturated heterocycles. The fourth-order valence-corrected chi connectivity index (χ4v) is 3.40. The van der Waals surface area contributed by atoms with Crippen LogP contribution in [0.3, 0.4) is 0 Å². The summed E-state index contributed by atoms with van der Waals surface area (Å²) in [5, 5.41) is 2.02. The summed E-state index contributed by atoms with van der Waals surface area (Å²) >= 11 is 0. The van der Waals surface area contributed by atoms with Gasteiger partial charge in [0, 0.05) is 24.0 Å². The summed E-state index contributed by atoms with van der Waals surface area (Å²) in [4.78, 5) is 19.5. The van der Waals surface area contributed by atoms with Gasteiger partial charge < -0.3 is 14.4 Å². The third-order valence-corrected chi connectivity index (χ3v) is 4.64. The monoisotopic (exact) mass is 348 g/mol. The number of anilines is 1. The summed E-state index contributed by atoms with van der Waals surface area (Å²) in [6.45, 7) is 2.82. The number of methoxy groups -OCH3 is 1. The number of carbonyl (C=O) groups is 1. The lowest BCUT2D eigenvalue weighted by molar-refractivity contribution is 0.0595. The van der Waals surface area contributed by atoms with Crippen molar-refractivity contribution in [2.24, 2.45) is 0 Å². The quantitative estimate of drug-likeness (QED) is 0.678. The van der Waals surface area contributed by atoms with E-state index in [1.165, 1.54) is 7.11 Å². The van der Waals surface area contributed by atoms with Crippen LogP contribution >= 0.6 is 0 Å². The van der Waals surface area contributed by atoms with Gasteiger partial charge in [0.25, 0.3) is 0 Å². The Kier molecular flexibility index (Phi) is 4.54. The number of hydrogen-bond donors (Lipinski definition) is 0. The lowest BCUT2D eigenvalue weighted by atomic mass is 9.96. The van der Waals surface area contributed by atoms with E-state index in [1.54, 1.807) is 0 Å². The van der Waals surface area contributed by atoms with Crippen molar-refractivity contribution in [3.05, 3.63) is 60.3 Å². The predicted octanol–water partition coefficient (Wildman–Crippen LogP) is 3.53. The van der Waals surface area contributed by atoms with Gasteiger partial charge in [-0.3, -0.25) is 0 Å². The average Bonchev–Trinajstić information content (AvgIpc) is 2.73. The van der Waals surface area contributed by atoms with E-state index in [1.807, 2.05) is 48.5 Å². The van der Waals surface area contributed by atoms with Crippen LogP contribution in [-0.4, -0.2) is 44.4 Å². The maximum absolute atomic E-state index is 12.6. The third-order valence-electron chi connectivity index (χ3n) is 4.64. The summed E-state index contributed by atoms with van der Waals surface area (Å²) in [7, 11) is 1.39. The zero-order valence-electron chi connectivity index (χ0n) is 14.6. The Balaban J connectivity index is 2.02. The second-order valence-corrected chi connectivity index (χ2v) is 6.16. The first kappa shape index (κ1) is 16.5. The minimum atomic E-state index is -0.427. The number of carbonyl (C=O) groups excluding carboxylic acids is 1. The highest BCUT2D eigenvalue weighted by molar-refractivity contribution is 6.10. The average molecular weight is 348 g/mol. The number of fused-ring (bicyclic) bond motifs is 1. The summed E-state index contributed by atoms with van der Waals surface area (Å²) in [5.74, 6) is 0.382. The molecule has 132 valence electrons. The maximum Gasteiger partial charge on any atom is 0.357 e. The molecule has 1 fully saturated rings. The third kappa shape index (κ3) is 2.91. The van der Waals surface area contributed by atoms with Crippen LogP contribution in [0.1, 0.15) is 10.5 Å². The van der Waals surface area contributed by atoms with Gasteiger partial charge in [-0.05, 0) is 10.9 Å². The lowest BCUT2D eigenvalue weighted by Crippen LogP contribution is -2.37. The Labute approximate surface area is 152 Å². The number of ether oxygens (including phenoxy) is 2. The van der Waals surface area contributed by atoms with Crippen LogP contribution in [0.4, 0.5) is 5.82 Å². The molecular weight excluding hydrogens is 328 g/mol. The standard InChI is InChI=1S/C21H20N2O3/c1-25-21(24)19-18(15-7-3-2-4-8-15)16-9-5-6-10-17(16)20(22-19)23-11-13-26-14-12-23/h2-10H,11-14H2,1H3. The summed E-state index contributed by atoms with van der Waals surface area (Å²) < 4.78 is 10.5. The number of esters is 1. The van der Waals surface area contributed by atoms with Crippen molar-refractivity contribution in [3.63, 3.8) is 0 Å². The van der Waals surface area contributed by atoms with E-state index in [9.17, 15) is 4.79 Å². The van der Waals surface area contributed by atoms with E-state index in [0.717, 1.165) is 40.8 Å². The molecule has 1 aromatic heterocycles. The van der Waals surface area contributed by atoms with Crippen LogP contribution in [0, 0.1) is 0 Å². The zero-order chi connectivity index (χ0) is 17.9. The second-order valence-electron chi connectivity index (χ2n) is 6.16. The molecule has 0 atom stereocenters. The first-order valence-corrected chi connectivity index (χ1v) is 8.69. The molecule has 5 nitrogen and oxygen atoms in total. The Bertz CT molecular complexity index is 935. The maximum atomic E-state index is 12.6. The zero-order valence-corrected chi connectivity index (χ0v) is 14.6. The van der Waals surface area contributed by atoms with Gasteiger partial charge in [0.2, 0.25) is 0 Å². The molecule has 0 amide bonds. The van der Waals surface area contributed by atoms with Crippen LogP contribution in [-0.2, 0) is 9.47 Å². The number of nitrogens with zero attached hydrogens (tertiary/aromatic N) is 2. The van der Waals surface area contributed by atoms with Gasteiger partial charge in [0.05, 0.1) is 20.3 Å². The molecule has 5 heteroatoms. The van der Waals surface area contributed by atoms with Crippen molar-refractivity contribution in [1.29, 1.82) is 0 Å². The van der Waals surface area contributed by atoms with Crippen LogP contribution < -0.4 is 4.90 Å². The Morgan fingerprint density at radius 1 is 1.00 bits per heavy atom. The number of pyridine rings is 1. The SMILES string of the molecule is COC(=O)c1nc(N2CCOCC2)c2ccccc2c1-c1ccccc1. The molecule has 0 aliphatic carbocycles.